The van der Waals surface area contributed by atoms with Gasteiger partial charge in [0.05, 0.1) is 0 Å². The van der Waals surface area contributed by atoms with Gasteiger partial charge in [0.15, 0.2) is 0 Å². The molecule has 1 aliphatic rings. The van der Waals surface area contributed by atoms with Crippen molar-refractivity contribution in [2.45, 2.75) is 51.1 Å². The van der Waals surface area contributed by atoms with E-state index in [1.807, 2.05) is 0 Å². The molecule has 0 saturated carbocycles. The highest BCUT2D eigenvalue weighted by Gasteiger charge is 2.38. The molecule has 2 N–H and O–H groups in total. The zero-order chi connectivity index (χ0) is 15.3. The van der Waals surface area contributed by atoms with Gasteiger partial charge in [0.2, 0.25) is 0 Å². The lowest BCUT2D eigenvalue weighted by molar-refractivity contribution is -0.144. The van der Waals surface area contributed by atoms with Crippen LogP contribution in [0.1, 0.15) is 39.5 Å². The molecule has 6 heteroatoms. The van der Waals surface area contributed by atoms with E-state index in [0.29, 0.717) is 12.8 Å². The fraction of sp³-hybridized carbons (Fsp3) is 0.857. The number of hydrogen-bond acceptors (Lipinski definition) is 3. The minimum atomic E-state index is -1.16. The number of nitrogens with zero attached hydrogens (tertiary/aromatic N) is 2. The normalized spacial score (nSPS) is 17.8. The Balaban J connectivity index is 2.67. The van der Waals surface area contributed by atoms with Crippen LogP contribution in [-0.2, 0) is 4.79 Å². The van der Waals surface area contributed by atoms with Crippen LogP contribution in [0.5, 0.6) is 0 Å². The number of urea groups is 1. The molecule has 6 nitrogen and oxygen atoms in total. The Bertz CT molecular complexity index is 348. The van der Waals surface area contributed by atoms with Crippen LogP contribution in [0.3, 0.4) is 0 Å². The highest BCUT2D eigenvalue weighted by atomic mass is 16.4. The molecule has 0 aliphatic carbocycles. The van der Waals surface area contributed by atoms with Crippen LogP contribution >= 0.6 is 0 Å². The van der Waals surface area contributed by atoms with Crippen LogP contribution < -0.4 is 5.32 Å². The van der Waals surface area contributed by atoms with E-state index in [1.165, 1.54) is 0 Å². The van der Waals surface area contributed by atoms with Crippen molar-refractivity contribution < 1.29 is 14.7 Å². The molecule has 1 rings (SSSR count). The van der Waals surface area contributed by atoms with Crippen LogP contribution in [-0.4, -0.2) is 65.7 Å². The van der Waals surface area contributed by atoms with Crippen molar-refractivity contribution in [3.8, 4) is 0 Å². The third-order valence-corrected chi connectivity index (χ3v) is 4.52. The summed E-state index contributed by atoms with van der Waals surface area (Å²) < 4.78 is 0. The molecular formula is C14H27N3O3. The van der Waals surface area contributed by atoms with Gasteiger partial charge in [-0.3, -0.25) is 0 Å². The van der Waals surface area contributed by atoms with Gasteiger partial charge in [-0.15, -0.1) is 0 Å². The first kappa shape index (κ1) is 16.8. The lowest BCUT2D eigenvalue weighted by Gasteiger charge is -2.37. The van der Waals surface area contributed by atoms with Crippen LogP contribution in [0, 0.1) is 0 Å². The molecule has 2 amide bonds. The molecular weight excluding hydrogens is 258 g/mol. The first-order valence-corrected chi connectivity index (χ1v) is 7.33. The van der Waals surface area contributed by atoms with Crippen molar-refractivity contribution in [3.05, 3.63) is 0 Å². The zero-order valence-corrected chi connectivity index (χ0v) is 13.0. The number of carbonyl (C=O) groups excluding carboxylic acids is 1. The average molecular weight is 285 g/mol. The monoisotopic (exact) mass is 285 g/mol. The second-order valence-electron chi connectivity index (χ2n) is 5.67. The number of amides is 2. The largest absolute Gasteiger partial charge is 0.480 e. The summed E-state index contributed by atoms with van der Waals surface area (Å²) in [6.45, 7) is 5.50. The van der Waals surface area contributed by atoms with Crippen LogP contribution in [0.4, 0.5) is 4.79 Å². The fourth-order valence-corrected chi connectivity index (χ4v) is 2.62. The SMILES string of the molecule is CCC(CC)(NC(=O)N(C)C1CCN(C)CC1)C(=O)O. The van der Waals surface area contributed by atoms with Gasteiger partial charge in [-0.2, -0.15) is 0 Å². The van der Waals surface area contributed by atoms with Crippen molar-refractivity contribution in [1.29, 1.82) is 0 Å². The molecule has 116 valence electrons. The third kappa shape index (κ3) is 3.62. The zero-order valence-electron chi connectivity index (χ0n) is 13.0. The van der Waals surface area contributed by atoms with Gasteiger partial charge in [-0.05, 0) is 45.8 Å². The number of nitrogens with one attached hydrogen (secondary N) is 1. The second kappa shape index (κ2) is 6.92. The molecule has 0 aromatic heterocycles. The Morgan fingerprint density at radius 2 is 1.80 bits per heavy atom. The van der Waals surface area contributed by atoms with Crippen LogP contribution in [0.15, 0.2) is 0 Å². The summed E-state index contributed by atoms with van der Waals surface area (Å²) in [5.41, 5.74) is -1.16. The number of carboxylic acid groups (broad SMARTS) is 1. The predicted octanol–water partition coefficient (Wildman–Crippen LogP) is 1.37. The Labute approximate surface area is 121 Å². The Morgan fingerprint density at radius 3 is 2.20 bits per heavy atom. The number of rotatable bonds is 5. The summed E-state index contributed by atoms with van der Waals surface area (Å²) in [5, 5.41) is 12.1. The van der Waals surface area contributed by atoms with Crippen LogP contribution in [0.2, 0.25) is 0 Å². The Kier molecular flexibility index (Phi) is 5.80. The minimum absolute atomic E-state index is 0.186. The van der Waals surface area contributed by atoms with E-state index in [0.717, 1.165) is 25.9 Å². The maximum Gasteiger partial charge on any atom is 0.329 e. The highest BCUT2D eigenvalue weighted by Crippen LogP contribution is 2.18. The summed E-state index contributed by atoms with van der Waals surface area (Å²) in [4.78, 5) is 27.6. The first-order chi connectivity index (χ1) is 9.36. The first-order valence-electron chi connectivity index (χ1n) is 7.33. The van der Waals surface area contributed by atoms with Crippen molar-refractivity contribution in [1.82, 2.24) is 15.1 Å². The Morgan fingerprint density at radius 1 is 1.30 bits per heavy atom. The van der Waals surface area contributed by atoms with Gasteiger partial charge in [-0.25, -0.2) is 9.59 Å². The molecule has 0 bridgehead atoms. The predicted molar refractivity (Wildman–Crippen MR) is 77.8 cm³/mol. The molecule has 1 aliphatic heterocycles. The maximum atomic E-state index is 12.3. The fourth-order valence-electron chi connectivity index (χ4n) is 2.62. The molecule has 1 heterocycles. The van der Waals surface area contributed by atoms with E-state index in [4.69, 9.17) is 0 Å². The standard InChI is InChI=1S/C14H27N3O3/c1-5-14(6-2,12(18)19)15-13(20)17(4)11-7-9-16(3)10-8-11/h11H,5-10H2,1-4H3,(H,15,20)(H,18,19). The molecule has 0 spiro atoms. The molecule has 0 atom stereocenters. The highest BCUT2D eigenvalue weighted by molar-refractivity contribution is 5.86. The van der Waals surface area contributed by atoms with E-state index in [-0.39, 0.29) is 12.1 Å². The van der Waals surface area contributed by atoms with Gasteiger partial charge in [0, 0.05) is 13.1 Å². The summed E-state index contributed by atoms with van der Waals surface area (Å²) in [7, 11) is 3.82. The number of likely N-dealkylation sites (tertiary alicyclic amines) is 1. The van der Waals surface area contributed by atoms with Gasteiger partial charge in [0.25, 0.3) is 0 Å². The van der Waals surface area contributed by atoms with Crippen molar-refractivity contribution >= 4 is 12.0 Å². The molecule has 1 saturated heterocycles. The Hall–Kier alpha value is -1.30. The molecule has 0 radical (unpaired) electrons. The lowest BCUT2D eigenvalue weighted by atomic mass is 9.93. The summed E-state index contributed by atoms with van der Waals surface area (Å²) in [5.74, 6) is -0.965. The van der Waals surface area contributed by atoms with Gasteiger partial charge in [0.1, 0.15) is 5.54 Å². The number of carboxylic acids is 1. The molecule has 0 aromatic carbocycles. The number of aliphatic carboxylic acids is 1. The van der Waals surface area contributed by atoms with Crippen LogP contribution in [0.25, 0.3) is 0 Å². The van der Waals surface area contributed by atoms with E-state index in [2.05, 4.69) is 17.3 Å². The molecule has 0 aromatic rings. The molecule has 20 heavy (non-hydrogen) atoms. The second-order valence-corrected chi connectivity index (χ2v) is 5.67. The molecule has 1 fully saturated rings. The van der Waals surface area contributed by atoms with Gasteiger partial charge in [-0.1, -0.05) is 13.8 Å². The third-order valence-electron chi connectivity index (χ3n) is 4.52. The minimum Gasteiger partial charge on any atom is -0.480 e. The molecule has 0 unspecified atom stereocenters. The van der Waals surface area contributed by atoms with E-state index < -0.39 is 11.5 Å². The van der Waals surface area contributed by atoms with Crippen molar-refractivity contribution in [3.63, 3.8) is 0 Å². The van der Waals surface area contributed by atoms with Crippen molar-refractivity contribution in [2.75, 3.05) is 27.2 Å². The summed E-state index contributed by atoms with van der Waals surface area (Å²) in [6.07, 6.45) is 2.62. The summed E-state index contributed by atoms with van der Waals surface area (Å²) >= 11 is 0. The number of carbonyl (C=O) groups is 2. The van der Waals surface area contributed by atoms with Crippen molar-refractivity contribution in [2.24, 2.45) is 0 Å². The maximum absolute atomic E-state index is 12.3. The van der Waals surface area contributed by atoms with E-state index in [9.17, 15) is 14.7 Å². The quantitative estimate of drug-likeness (QED) is 0.800. The summed E-state index contributed by atoms with van der Waals surface area (Å²) in [6, 6.07) is -0.0999. The number of hydrogen-bond donors (Lipinski definition) is 2. The van der Waals surface area contributed by atoms with E-state index in [1.54, 1.807) is 25.8 Å². The average Bonchev–Trinajstić information content (AvgIpc) is 2.44. The number of piperidine rings is 1. The van der Waals surface area contributed by atoms with E-state index >= 15 is 0 Å². The lowest BCUT2D eigenvalue weighted by Crippen LogP contribution is -2.58. The topological polar surface area (TPSA) is 72.9 Å². The van der Waals surface area contributed by atoms with Gasteiger partial charge < -0.3 is 20.2 Å². The smallest absolute Gasteiger partial charge is 0.329 e. The van der Waals surface area contributed by atoms with Gasteiger partial charge >= 0.3 is 12.0 Å².